The number of benzene rings is 1. The van der Waals surface area contributed by atoms with Crippen LogP contribution in [0.3, 0.4) is 0 Å². The third-order valence-electron chi connectivity index (χ3n) is 2.52. The van der Waals surface area contributed by atoms with Gasteiger partial charge in [-0.3, -0.25) is 4.79 Å². The van der Waals surface area contributed by atoms with Gasteiger partial charge in [-0.15, -0.1) is 0 Å². The lowest BCUT2D eigenvalue weighted by atomic mass is 9.98. The smallest absolute Gasteiger partial charge is 0.308 e. The molecule has 0 atom stereocenters. The Bertz CT molecular complexity index is 354. The van der Waals surface area contributed by atoms with Crippen LogP contribution < -0.4 is 0 Å². The summed E-state index contributed by atoms with van der Waals surface area (Å²) in [4.78, 5) is 11.4. The Morgan fingerprint density at radius 3 is 2.38 bits per heavy atom. The topological polar surface area (TPSA) is 26.3 Å². The number of carbonyl (C=O) groups is 1. The van der Waals surface area contributed by atoms with E-state index in [1.807, 2.05) is 32.0 Å². The van der Waals surface area contributed by atoms with Crippen LogP contribution in [0, 0.1) is 5.92 Å². The normalized spacial score (nSPS) is 10.9. The van der Waals surface area contributed by atoms with Crippen molar-refractivity contribution in [2.45, 2.75) is 40.2 Å². The van der Waals surface area contributed by atoms with Crippen molar-refractivity contribution < 1.29 is 9.53 Å². The molecule has 0 spiro atoms. The van der Waals surface area contributed by atoms with Crippen LogP contribution in [0.5, 0.6) is 0 Å². The summed E-state index contributed by atoms with van der Waals surface area (Å²) in [6.45, 7) is 8.35. The van der Waals surface area contributed by atoms with E-state index in [1.54, 1.807) is 0 Å². The molecule has 2 heteroatoms. The molecule has 16 heavy (non-hydrogen) atoms. The molecule has 1 aromatic carbocycles. The largest absolute Gasteiger partial charge is 0.461 e. The summed E-state index contributed by atoms with van der Waals surface area (Å²) in [7, 11) is 0. The number of rotatable bonds is 4. The highest BCUT2D eigenvalue weighted by Crippen LogP contribution is 2.20. The van der Waals surface area contributed by atoms with Crippen molar-refractivity contribution in [3.8, 4) is 0 Å². The first-order valence-corrected chi connectivity index (χ1v) is 5.76. The fraction of sp³-hybridized carbons (Fsp3) is 0.500. The Morgan fingerprint density at radius 1 is 1.19 bits per heavy atom. The van der Waals surface area contributed by atoms with Gasteiger partial charge in [0.25, 0.3) is 0 Å². The van der Waals surface area contributed by atoms with Gasteiger partial charge in [0.05, 0.1) is 5.92 Å². The fourth-order valence-electron chi connectivity index (χ4n) is 1.54. The van der Waals surface area contributed by atoms with Crippen molar-refractivity contribution >= 4 is 5.97 Å². The first-order valence-electron chi connectivity index (χ1n) is 5.76. The van der Waals surface area contributed by atoms with Gasteiger partial charge in [0, 0.05) is 0 Å². The molecule has 0 amide bonds. The standard InChI is InChI=1S/C14H20O2/c1-10(2)13-8-6-5-7-12(13)9-16-14(15)11(3)4/h5-8,10-11H,9H2,1-4H3. The van der Waals surface area contributed by atoms with Gasteiger partial charge in [-0.25, -0.2) is 0 Å². The summed E-state index contributed by atoms with van der Waals surface area (Å²) in [5, 5.41) is 0. The van der Waals surface area contributed by atoms with Crippen molar-refractivity contribution in [1.29, 1.82) is 0 Å². The number of hydrogen-bond acceptors (Lipinski definition) is 2. The summed E-state index contributed by atoms with van der Waals surface area (Å²) in [6.07, 6.45) is 0. The second-order valence-corrected chi connectivity index (χ2v) is 4.62. The van der Waals surface area contributed by atoms with E-state index in [0.29, 0.717) is 12.5 Å². The average molecular weight is 220 g/mol. The zero-order chi connectivity index (χ0) is 12.1. The molecule has 0 aromatic heterocycles. The maximum atomic E-state index is 11.4. The molecular weight excluding hydrogens is 200 g/mol. The van der Waals surface area contributed by atoms with Crippen LogP contribution in [-0.2, 0) is 16.1 Å². The second-order valence-electron chi connectivity index (χ2n) is 4.62. The quantitative estimate of drug-likeness (QED) is 0.726. The third kappa shape index (κ3) is 3.37. The molecule has 0 N–H and O–H groups in total. The molecule has 0 aliphatic heterocycles. The van der Waals surface area contributed by atoms with E-state index in [4.69, 9.17) is 4.74 Å². The van der Waals surface area contributed by atoms with E-state index in [2.05, 4.69) is 19.9 Å². The van der Waals surface area contributed by atoms with Crippen LogP contribution in [0.15, 0.2) is 24.3 Å². The molecule has 1 rings (SSSR count). The molecule has 88 valence electrons. The molecule has 2 nitrogen and oxygen atoms in total. The van der Waals surface area contributed by atoms with Gasteiger partial charge in [-0.05, 0) is 17.0 Å². The third-order valence-corrected chi connectivity index (χ3v) is 2.52. The molecule has 0 fully saturated rings. The molecule has 1 aromatic rings. The first-order chi connectivity index (χ1) is 7.52. The van der Waals surface area contributed by atoms with E-state index in [0.717, 1.165) is 5.56 Å². The SMILES string of the molecule is CC(C)C(=O)OCc1ccccc1C(C)C. The molecule has 0 bridgehead atoms. The average Bonchev–Trinajstić information content (AvgIpc) is 2.25. The minimum atomic E-state index is -0.140. The van der Waals surface area contributed by atoms with E-state index < -0.39 is 0 Å². The Labute approximate surface area is 97.6 Å². The number of carbonyl (C=O) groups excluding carboxylic acids is 1. The Morgan fingerprint density at radius 2 is 1.81 bits per heavy atom. The van der Waals surface area contributed by atoms with Crippen molar-refractivity contribution in [2.24, 2.45) is 5.92 Å². The minimum Gasteiger partial charge on any atom is -0.461 e. The molecular formula is C14H20O2. The summed E-state index contributed by atoms with van der Waals surface area (Å²) < 4.78 is 5.24. The highest BCUT2D eigenvalue weighted by molar-refractivity contribution is 5.71. The molecule has 0 saturated heterocycles. The maximum Gasteiger partial charge on any atom is 0.308 e. The zero-order valence-electron chi connectivity index (χ0n) is 10.5. The molecule has 0 unspecified atom stereocenters. The van der Waals surface area contributed by atoms with Crippen LogP contribution in [0.2, 0.25) is 0 Å². The van der Waals surface area contributed by atoms with Crippen molar-refractivity contribution in [3.63, 3.8) is 0 Å². The van der Waals surface area contributed by atoms with E-state index >= 15 is 0 Å². The number of esters is 1. The Balaban J connectivity index is 2.70. The van der Waals surface area contributed by atoms with Gasteiger partial charge < -0.3 is 4.74 Å². The predicted molar refractivity (Wildman–Crippen MR) is 65.2 cm³/mol. The van der Waals surface area contributed by atoms with E-state index in [-0.39, 0.29) is 11.9 Å². The summed E-state index contributed by atoms with van der Waals surface area (Å²) in [5.74, 6) is 0.249. The summed E-state index contributed by atoms with van der Waals surface area (Å²) >= 11 is 0. The van der Waals surface area contributed by atoms with E-state index in [9.17, 15) is 4.79 Å². The molecule has 0 radical (unpaired) electrons. The summed E-state index contributed by atoms with van der Waals surface area (Å²) in [6, 6.07) is 8.10. The van der Waals surface area contributed by atoms with Gasteiger partial charge in [0.1, 0.15) is 6.61 Å². The minimum absolute atomic E-state index is 0.0637. The number of hydrogen-bond donors (Lipinski definition) is 0. The monoisotopic (exact) mass is 220 g/mol. The lowest BCUT2D eigenvalue weighted by Crippen LogP contribution is -2.12. The van der Waals surface area contributed by atoms with Gasteiger partial charge in [-0.1, -0.05) is 52.0 Å². The van der Waals surface area contributed by atoms with Crippen molar-refractivity contribution in [3.05, 3.63) is 35.4 Å². The summed E-state index contributed by atoms with van der Waals surface area (Å²) in [5.41, 5.74) is 2.35. The molecule has 0 aliphatic rings. The van der Waals surface area contributed by atoms with Crippen molar-refractivity contribution in [2.75, 3.05) is 0 Å². The van der Waals surface area contributed by atoms with Crippen LogP contribution in [-0.4, -0.2) is 5.97 Å². The fourth-order valence-corrected chi connectivity index (χ4v) is 1.54. The van der Waals surface area contributed by atoms with Gasteiger partial charge in [-0.2, -0.15) is 0 Å². The molecule has 0 heterocycles. The number of ether oxygens (including phenoxy) is 1. The van der Waals surface area contributed by atoms with Gasteiger partial charge in [0.2, 0.25) is 0 Å². The lowest BCUT2D eigenvalue weighted by molar-refractivity contribution is -0.148. The maximum absolute atomic E-state index is 11.4. The first kappa shape index (κ1) is 12.8. The highest BCUT2D eigenvalue weighted by Gasteiger charge is 2.11. The van der Waals surface area contributed by atoms with E-state index in [1.165, 1.54) is 5.56 Å². The highest BCUT2D eigenvalue weighted by atomic mass is 16.5. The van der Waals surface area contributed by atoms with Crippen molar-refractivity contribution in [1.82, 2.24) is 0 Å². The van der Waals surface area contributed by atoms with Gasteiger partial charge >= 0.3 is 5.97 Å². The van der Waals surface area contributed by atoms with Crippen LogP contribution in [0.25, 0.3) is 0 Å². The van der Waals surface area contributed by atoms with Crippen LogP contribution in [0.4, 0.5) is 0 Å². The molecule has 0 aliphatic carbocycles. The molecule has 0 saturated carbocycles. The Kier molecular flexibility index (Phi) is 4.53. The predicted octanol–water partition coefficient (Wildman–Crippen LogP) is 3.51. The Hall–Kier alpha value is -1.31. The van der Waals surface area contributed by atoms with Gasteiger partial charge in [0.15, 0.2) is 0 Å². The lowest BCUT2D eigenvalue weighted by Gasteiger charge is -2.13. The zero-order valence-corrected chi connectivity index (χ0v) is 10.5. The second kappa shape index (κ2) is 5.69. The van der Waals surface area contributed by atoms with Crippen LogP contribution >= 0.6 is 0 Å². The van der Waals surface area contributed by atoms with Crippen LogP contribution in [0.1, 0.15) is 44.7 Å².